The van der Waals surface area contributed by atoms with Crippen LogP contribution in [0.4, 0.5) is 0 Å². The summed E-state index contributed by atoms with van der Waals surface area (Å²) in [6, 6.07) is 2.28. The van der Waals surface area contributed by atoms with E-state index in [2.05, 4.69) is 28.3 Å². The first-order valence-corrected chi connectivity index (χ1v) is 7.88. The van der Waals surface area contributed by atoms with Gasteiger partial charge in [-0.3, -0.25) is 14.6 Å². The zero-order valence-electron chi connectivity index (χ0n) is 13.5. The molecule has 3 heterocycles. The van der Waals surface area contributed by atoms with E-state index < -0.39 is 0 Å². The molecule has 0 aromatic carbocycles. The number of hydrogen-bond acceptors (Lipinski definition) is 3. The number of H-pyrrole nitrogens is 1. The van der Waals surface area contributed by atoms with Gasteiger partial charge in [-0.05, 0) is 46.1 Å². The number of aryl methyl sites for hydroxylation is 3. The molecule has 0 unspecified atom stereocenters. The standard InChI is InChI=1S/C16H23N5O/c1-11-8-12(2)21(19-11)10-14-6-4-5-7-20(14)16(22)15-9-17-18-13(15)3/h8-9,14H,4-7,10H2,1-3H3,(H,17,18)/t14-/m0/s1. The smallest absolute Gasteiger partial charge is 0.257 e. The van der Waals surface area contributed by atoms with Gasteiger partial charge in [0.15, 0.2) is 0 Å². The number of amides is 1. The predicted molar refractivity (Wildman–Crippen MR) is 83.7 cm³/mol. The zero-order chi connectivity index (χ0) is 15.7. The Labute approximate surface area is 130 Å². The summed E-state index contributed by atoms with van der Waals surface area (Å²) >= 11 is 0. The first-order valence-electron chi connectivity index (χ1n) is 7.88. The lowest BCUT2D eigenvalue weighted by Crippen LogP contribution is -2.46. The Morgan fingerprint density at radius 1 is 1.36 bits per heavy atom. The van der Waals surface area contributed by atoms with Gasteiger partial charge >= 0.3 is 0 Å². The van der Waals surface area contributed by atoms with Gasteiger partial charge in [0.2, 0.25) is 0 Å². The molecule has 0 spiro atoms. The van der Waals surface area contributed by atoms with Crippen LogP contribution in [0.1, 0.15) is 46.7 Å². The highest BCUT2D eigenvalue weighted by atomic mass is 16.2. The summed E-state index contributed by atoms with van der Waals surface area (Å²) in [7, 11) is 0. The minimum absolute atomic E-state index is 0.0810. The molecular weight excluding hydrogens is 278 g/mol. The van der Waals surface area contributed by atoms with E-state index in [0.717, 1.165) is 49.4 Å². The van der Waals surface area contributed by atoms with Crippen LogP contribution < -0.4 is 0 Å². The Morgan fingerprint density at radius 2 is 2.18 bits per heavy atom. The summed E-state index contributed by atoms with van der Waals surface area (Å²) in [6.45, 7) is 7.53. The monoisotopic (exact) mass is 301 g/mol. The molecule has 1 saturated heterocycles. The van der Waals surface area contributed by atoms with E-state index >= 15 is 0 Å². The highest BCUT2D eigenvalue weighted by Gasteiger charge is 2.29. The van der Waals surface area contributed by atoms with Gasteiger partial charge in [-0.15, -0.1) is 0 Å². The number of piperidine rings is 1. The Bertz CT molecular complexity index is 672. The van der Waals surface area contributed by atoms with Gasteiger partial charge in [-0.25, -0.2) is 0 Å². The van der Waals surface area contributed by atoms with Crippen LogP contribution in [-0.4, -0.2) is 43.4 Å². The SMILES string of the molecule is Cc1cc(C)n(C[C@@H]2CCCCN2C(=O)c2cn[nH]c2C)n1. The molecule has 6 nitrogen and oxygen atoms in total. The third-order valence-corrected chi connectivity index (χ3v) is 4.44. The van der Waals surface area contributed by atoms with Crippen molar-refractivity contribution in [2.45, 2.75) is 52.6 Å². The number of rotatable bonds is 3. The first kappa shape index (κ1) is 14.8. The highest BCUT2D eigenvalue weighted by molar-refractivity contribution is 5.95. The maximum atomic E-state index is 12.8. The van der Waals surface area contributed by atoms with E-state index in [1.807, 2.05) is 23.4 Å². The Morgan fingerprint density at radius 3 is 2.82 bits per heavy atom. The number of aromatic nitrogens is 4. The average Bonchev–Trinajstić information content (AvgIpc) is 3.05. The number of nitrogens with zero attached hydrogens (tertiary/aromatic N) is 4. The molecule has 2 aromatic rings. The molecule has 1 aliphatic heterocycles. The van der Waals surface area contributed by atoms with Gasteiger partial charge in [0.1, 0.15) is 0 Å². The van der Waals surface area contributed by atoms with Crippen LogP contribution in [0, 0.1) is 20.8 Å². The fourth-order valence-corrected chi connectivity index (χ4v) is 3.24. The molecule has 1 amide bonds. The van der Waals surface area contributed by atoms with Crippen LogP contribution in [0.2, 0.25) is 0 Å². The molecule has 118 valence electrons. The van der Waals surface area contributed by atoms with Gasteiger partial charge in [0.25, 0.3) is 5.91 Å². The molecule has 6 heteroatoms. The van der Waals surface area contributed by atoms with Gasteiger partial charge < -0.3 is 4.90 Å². The van der Waals surface area contributed by atoms with Crippen molar-refractivity contribution >= 4 is 5.91 Å². The number of carbonyl (C=O) groups excluding carboxylic acids is 1. The lowest BCUT2D eigenvalue weighted by Gasteiger charge is -2.36. The van der Waals surface area contributed by atoms with Gasteiger partial charge in [0, 0.05) is 17.9 Å². The quantitative estimate of drug-likeness (QED) is 0.945. The summed E-state index contributed by atoms with van der Waals surface area (Å²) in [5.74, 6) is 0.0810. The summed E-state index contributed by atoms with van der Waals surface area (Å²) < 4.78 is 2.02. The Hall–Kier alpha value is -2.11. The average molecular weight is 301 g/mol. The molecule has 1 atom stereocenters. The molecule has 2 aromatic heterocycles. The third kappa shape index (κ3) is 2.77. The van der Waals surface area contributed by atoms with Crippen LogP contribution in [0.25, 0.3) is 0 Å². The van der Waals surface area contributed by atoms with Crippen LogP contribution in [0.5, 0.6) is 0 Å². The molecule has 1 N–H and O–H groups in total. The van der Waals surface area contributed by atoms with Gasteiger partial charge in [-0.2, -0.15) is 10.2 Å². The second-order valence-electron chi connectivity index (χ2n) is 6.17. The van der Waals surface area contributed by atoms with E-state index in [0.29, 0.717) is 5.56 Å². The summed E-state index contributed by atoms with van der Waals surface area (Å²) in [6.07, 6.45) is 4.89. The van der Waals surface area contributed by atoms with Crippen LogP contribution >= 0.6 is 0 Å². The Kier molecular flexibility index (Phi) is 4.00. The topological polar surface area (TPSA) is 66.8 Å². The predicted octanol–water partition coefficient (Wildman–Crippen LogP) is 2.23. The van der Waals surface area contributed by atoms with Crippen molar-refractivity contribution < 1.29 is 4.79 Å². The van der Waals surface area contributed by atoms with E-state index in [4.69, 9.17) is 0 Å². The number of aromatic amines is 1. The van der Waals surface area contributed by atoms with Crippen LogP contribution in [-0.2, 0) is 6.54 Å². The number of hydrogen-bond donors (Lipinski definition) is 1. The Balaban J connectivity index is 1.81. The van der Waals surface area contributed by atoms with Gasteiger partial charge in [-0.1, -0.05) is 0 Å². The molecular formula is C16H23N5O. The molecule has 22 heavy (non-hydrogen) atoms. The number of carbonyl (C=O) groups is 1. The summed E-state index contributed by atoms with van der Waals surface area (Å²) in [4.78, 5) is 14.8. The zero-order valence-corrected chi connectivity index (χ0v) is 13.5. The van der Waals surface area contributed by atoms with Gasteiger partial charge in [0.05, 0.1) is 30.0 Å². The number of likely N-dealkylation sites (tertiary alicyclic amines) is 1. The minimum atomic E-state index is 0.0810. The molecule has 1 fully saturated rings. The fourth-order valence-electron chi connectivity index (χ4n) is 3.24. The molecule has 0 radical (unpaired) electrons. The first-order chi connectivity index (χ1) is 10.6. The molecule has 3 rings (SSSR count). The normalized spacial score (nSPS) is 18.7. The molecule has 0 bridgehead atoms. The number of nitrogens with one attached hydrogen (secondary N) is 1. The largest absolute Gasteiger partial charge is 0.334 e. The van der Waals surface area contributed by atoms with Crippen molar-refractivity contribution in [3.63, 3.8) is 0 Å². The van der Waals surface area contributed by atoms with E-state index in [9.17, 15) is 4.79 Å². The minimum Gasteiger partial charge on any atom is -0.334 e. The molecule has 0 saturated carbocycles. The third-order valence-electron chi connectivity index (χ3n) is 4.44. The van der Waals surface area contributed by atoms with Crippen molar-refractivity contribution in [1.82, 2.24) is 24.9 Å². The van der Waals surface area contributed by atoms with Crippen molar-refractivity contribution in [1.29, 1.82) is 0 Å². The fraction of sp³-hybridized carbons (Fsp3) is 0.562. The highest BCUT2D eigenvalue weighted by Crippen LogP contribution is 2.22. The molecule has 0 aliphatic carbocycles. The second-order valence-corrected chi connectivity index (χ2v) is 6.17. The van der Waals surface area contributed by atoms with E-state index in [-0.39, 0.29) is 11.9 Å². The second kappa shape index (κ2) is 5.94. The maximum absolute atomic E-state index is 12.8. The van der Waals surface area contributed by atoms with Crippen LogP contribution in [0.15, 0.2) is 12.3 Å². The summed E-state index contributed by atoms with van der Waals surface area (Å²) in [5.41, 5.74) is 3.69. The van der Waals surface area contributed by atoms with Crippen molar-refractivity contribution in [3.05, 3.63) is 34.9 Å². The lowest BCUT2D eigenvalue weighted by atomic mass is 10.0. The lowest BCUT2D eigenvalue weighted by molar-refractivity contribution is 0.0582. The molecule has 1 aliphatic rings. The van der Waals surface area contributed by atoms with E-state index in [1.165, 1.54) is 0 Å². The van der Waals surface area contributed by atoms with Crippen molar-refractivity contribution in [3.8, 4) is 0 Å². The van der Waals surface area contributed by atoms with Crippen LogP contribution in [0.3, 0.4) is 0 Å². The maximum Gasteiger partial charge on any atom is 0.257 e. The summed E-state index contributed by atoms with van der Waals surface area (Å²) in [5, 5.41) is 11.4. The van der Waals surface area contributed by atoms with E-state index in [1.54, 1.807) is 6.20 Å². The van der Waals surface area contributed by atoms with Crippen molar-refractivity contribution in [2.75, 3.05) is 6.54 Å². The van der Waals surface area contributed by atoms with Crippen molar-refractivity contribution in [2.24, 2.45) is 0 Å².